The molecule has 0 bridgehead atoms. The van der Waals surface area contributed by atoms with Crippen molar-refractivity contribution in [2.45, 2.75) is 18.9 Å². The average molecular weight is 291 g/mol. The maximum Gasteiger partial charge on any atom is 0.164 e. The van der Waals surface area contributed by atoms with E-state index >= 15 is 0 Å². The van der Waals surface area contributed by atoms with Gasteiger partial charge in [0.1, 0.15) is 11.0 Å². The highest BCUT2D eigenvalue weighted by atomic mass is 35.5. The predicted octanol–water partition coefficient (Wildman–Crippen LogP) is 2.78. The lowest BCUT2D eigenvalue weighted by atomic mass is 10.2. The number of nitrogens with zero attached hydrogens (tertiary/aromatic N) is 3. The molecule has 6 heteroatoms. The molecule has 3 rings (SSSR count). The number of ether oxygens (including phenoxy) is 1. The molecular weight excluding hydrogens is 276 g/mol. The molecular formula is C14H15ClN4O. The molecule has 0 aliphatic carbocycles. The fourth-order valence-corrected chi connectivity index (χ4v) is 2.34. The first-order valence-corrected chi connectivity index (χ1v) is 6.99. The van der Waals surface area contributed by atoms with Crippen LogP contribution in [0.5, 0.6) is 0 Å². The van der Waals surface area contributed by atoms with E-state index in [0.29, 0.717) is 16.8 Å². The largest absolute Gasteiger partial charge is 0.376 e. The minimum absolute atomic E-state index is 0.255. The summed E-state index contributed by atoms with van der Waals surface area (Å²) in [7, 11) is 0. The Hall–Kier alpha value is -1.72. The first-order chi connectivity index (χ1) is 9.81. The minimum Gasteiger partial charge on any atom is -0.376 e. The third kappa shape index (κ3) is 3.23. The standard InChI is InChI=1S/C14H15ClN4O/c15-12-7-13(17-9-11-4-2-6-20-11)19-14(18-12)10-3-1-5-16-8-10/h1,3,5,7-8,11H,2,4,6,9H2,(H,17,18,19)/t11-/m1/s1. The van der Waals surface area contributed by atoms with Gasteiger partial charge in [0.2, 0.25) is 0 Å². The van der Waals surface area contributed by atoms with Crippen molar-refractivity contribution in [1.82, 2.24) is 15.0 Å². The zero-order valence-electron chi connectivity index (χ0n) is 10.9. The summed E-state index contributed by atoms with van der Waals surface area (Å²) in [6.45, 7) is 1.58. The Morgan fingerprint density at radius 1 is 1.40 bits per heavy atom. The number of pyridine rings is 1. The van der Waals surface area contributed by atoms with Crippen molar-refractivity contribution in [2.24, 2.45) is 0 Å². The summed E-state index contributed by atoms with van der Waals surface area (Å²) in [5, 5.41) is 3.67. The molecule has 1 N–H and O–H groups in total. The molecule has 0 saturated carbocycles. The van der Waals surface area contributed by atoms with E-state index in [4.69, 9.17) is 16.3 Å². The van der Waals surface area contributed by atoms with Crippen molar-refractivity contribution < 1.29 is 4.74 Å². The highest BCUT2D eigenvalue weighted by molar-refractivity contribution is 6.29. The summed E-state index contributed by atoms with van der Waals surface area (Å²) in [6.07, 6.45) is 5.89. The summed E-state index contributed by atoms with van der Waals surface area (Å²) >= 11 is 6.05. The van der Waals surface area contributed by atoms with E-state index in [-0.39, 0.29) is 6.10 Å². The normalized spacial score (nSPS) is 18.1. The lowest BCUT2D eigenvalue weighted by Crippen LogP contribution is -2.19. The smallest absolute Gasteiger partial charge is 0.164 e. The Morgan fingerprint density at radius 3 is 3.10 bits per heavy atom. The summed E-state index contributed by atoms with van der Waals surface area (Å²) in [5.41, 5.74) is 0.843. The van der Waals surface area contributed by atoms with Crippen LogP contribution in [0.2, 0.25) is 5.15 Å². The SMILES string of the molecule is Clc1cc(NC[C@H]2CCCO2)nc(-c2cccnc2)n1. The molecule has 0 unspecified atom stereocenters. The van der Waals surface area contributed by atoms with Crippen LogP contribution in [0, 0.1) is 0 Å². The fourth-order valence-electron chi connectivity index (χ4n) is 2.16. The number of aromatic nitrogens is 3. The Labute approximate surface area is 122 Å². The van der Waals surface area contributed by atoms with Crippen molar-refractivity contribution >= 4 is 17.4 Å². The van der Waals surface area contributed by atoms with Gasteiger partial charge in [0, 0.05) is 37.2 Å². The number of halogens is 1. The summed E-state index contributed by atoms with van der Waals surface area (Å²) in [5.74, 6) is 1.28. The van der Waals surface area contributed by atoms with E-state index in [1.165, 1.54) is 0 Å². The number of rotatable bonds is 4. The lowest BCUT2D eigenvalue weighted by molar-refractivity contribution is 0.120. The number of hydrogen-bond donors (Lipinski definition) is 1. The van der Waals surface area contributed by atoms with E-state index in [1.807, 2.05) is 12.1 Å². The van der Waals surface area contributed by atoms with E-state index < -0.39 is 0 Å². The molecule has 2 aromatic heterocycles. The Balaban J connectivity index is 1.76. The van der Waals surface area contributed by atoms with Crippen LogP contribution in [0.3, 0.4) is 0 Å². The highest BCUT2D eigenvalue weighted by Gasteiger charge is 2.15. The molecule has 1 fully saturated rings. The maximum absolute atomic E-state index is 6.05. The van der Waals surface area contributed by atoms with Gasteiger partial charge in [-0.25, -0.2) is 9.97 Å². The van der Waals surface area contributed by atoms with Crippen molar-refractivity contribution in [2.75, 3.05) is 18.5 Å². The van der Waals surface area contributed by atoms with Gasteiger partial charge in [-0.15, -0.1) is 0 Å². The van der Waals surface area contributed by atoms with Crippen LogP contribution >= 0.6 is 11.6 Å². The van der Waals surface area contributed by atoms with Crippen molar-refractivity contribution in [3.8, 4) is 11.4 Å². The van der Waals surface area contributed by atoms with E-state index in [1.54, 1.807) is 18.5 Å². The average Bonchev–Trinajstić information content (AvgIpc) is 2.99. The predicted molar refractivity (Wildman–Crippen MR) is 77.7 cm³/mol. The van der Waals surface area contributed by atoms with Gasteiger partial charge >= 0.3 is 0 Å². The quantitative estimate of drug-likeness (QED) is 0.878. The van der Waals surface area contributed by atoms with E-state index in [0.717, 1.165) is 31.6 Å². The van der Waals surface area contributed by atoms with Crippen molar-refractivity contribution in [3.05, 3.63) is 35.7 Å². The third-order valence-corrected chi connectivity index (χ3v) is 3.34. The molecule has 1 aliphatic heterocycles. The summed E-state index contributed by atoms with van der Waals surface area (Å²) in [6, 6.07) is 5.47. The number of anilines is 1. The van der Waals surface area contributed by atoms with Gasteiger partial charge in [-0.3, -0.25) is 4.98 Å². The second-order valence-electron chi connectivity index (χ2n) is 4.66. The zero-order chi connectivity index (χ0) is 13.8. The number of hydrogen-bond acceptors (Lipinski definition) is 5. The molecule has 1 atom stereocenters. The van der Waals surface area contributed by atoms with Crippen LogP contribution in [-0.4, -0.2) is 34.2 Å². The fraction of sp³-hybridized carbons (Fsp3) is 0.357. The second kappa shape index (κ2) is 6.15. The van der Waals surface area contributed by atoms with Crippen LogP contribution in [0.1, 0.15) is 12.8 Å². The molecule has 3 heterocycles. The van der Waals surface area contributed by atoms with Crippen LogP contribution < -0.4 is 5.32 Å². The van der Waals surface area contributed by atoms with Crippen molar-refractivity contribution in [3.63, 3.8) is 0 Å². The second-order valence-corrected chi connectivity index (χ2v) is 5.04. The van der Waals surface area contributed by atoms with E-state index in [2.05, 4.69) is 20.3 Å². The summed E-state index contributed by atoms with van der Waals surface area (Å²) < 4.78 is 5.57. The van der Waals surface area contributed by atoms with Gasteiger partial charge in [-0.2, -0.15) is 0 Å². The number of nitrogens with one attached hydrogen (secondary N) is 1. The highest BCUT2D eigenvalue weighted by Crippen LogP contribution is 2.20. The van der Waals surface area contributed by atoms with Gasteiger partial charge in [-0.05, 0) is 25.0 Å². The van der Waals surface area contributed by atoms with Gasteiger partial charge < -0.3 is 10.1 Å². The topological polar surface area (TPSA) is 59.9 Å². The maximum atomic E-state index is 6.05. The van der Waals surface area contributed by atoms with Gasteiger partial charge in [0.05, 0.1) is 6.10 Å². The third-order valence-electron chi connectivity index (χ3n) is 3.15. The molecule has 1 aliphatic rings. The Bertz CT molecular complexity index is 573. The van der Waals surface area contributed by atoms with Gasteiger partial charge in [0.25, 0.3) is 0 Å². The lowest BCUT2D eigenvalue weighted by Gasteiger charge is -2.12. The molecule has 104 valence electrons. The molecule has 0 spiro atoms. The Kier molecular flexibility index (Phi) is 4.08. The molecule has 2 aromatic rings. The van der Waals surface area contributed by atoms with Crippen LogP contribution in [0.25, 0.3) is 11.4 Å². The van der Waals surface area contributed by atoms with Crippen LogP contribution in [-0.2, 0) is 4.74 Å². The summed E-state index contributed by atoms with van der Waals surface area (Å²) in [4.78, 5) is 12.8. The molecule has 0 amide bonds. The van der Waals surface area contributed by atoms with Crippen LogP contribution in [0.15, 0.2) is 30.6 Å². The molecule has 1 saturated heterocycles. The molecule has 0 radical (unpaired) electrons. The van der Waals surface area contributed by atoms with Crippen LogP contribution in [0.4, 0.5) is 5.82 Å². The zero-order valence-corrected chi connectivity index (χ0v) is 11.7. The molecule has 20 heavy (non-hydrogen) atoms. The minimum atomic E-state index is 0.255. The monoisotopic (exact) mass is 290 g/mol. The molecule has 5 nitrogen and oxygen atoms in total. The van der Waals surface area contributed by atoms with E-state index in [9.17, 15) is 0 Å². The van der Waals surface area contributed by atoms with Crippen molar-refractivity contribution in [1.29, 1.82) is 0 Å². The first-order valence-electron chi connectivity index (χ1n) is 6.62. The van der Waals surface area contributed by atoms with Gasteiger partial charge in [0.15, 0.2) is 5.82 Å². The first kappa shape index (κ1) is 13.3. The Morgan fingerprint density at radius 2 is 2.35 bits per heavy atom. The molecule has 0 aromatic carbocycles. The van der Waals surface area contributed by atoms with Gasteiger partial charge in [-0.1, -0.05) is 11.6 Å².